The van der Waals surface area contributed by atoms with E-state index in [-0.39, 0.29) is 0 Å². The lowest BCUT2D eigenvalue weighted by Crippen LogP contribution is -2.43. The van der Waals surface area contributed by atoms with Gasteiger partial charge in [-0.2, -0.15) is 4.31 Å². The van der Waals surface area contributed by atoms with E-state index in [1.54, 1.807) is 4.31 Å². The highest BCUT2D eigenvalue weighted by Gasteiger charge is 2.34. The van der Waals surface area contributed by atoms with Crippen molar-refractivity contribution in [2.75, 3.05) is 19.6 Å². The second kappa shape index (κ2) is 5.71. The van der Waals surface area contributed by atoms with Gasteiger partial charge in [0, 0.05) is 19.1 Å². The minimum atomic E-state index is -3.32. The number of sulfonamides is 1. The number of aromatic nitrogens is 1. The summed E-state index contributed by atoms with van der Waals surface area (Å²) in [5, 5.41) is 4.34. The Morgan fingerprint density at radius 1 is 1.35 bits per heavy atom. The van der Waals surface area contributed by atoms with E-state index in [4.69, 9.17) is 0 Å². The Bertz CT molecular complexity index is 556. The molecule has 3 heterocycles. The molecule has 3 rings (SSSR count). The molecule has 0 bridgehead atoms. The average Bonchev–Trinajstić information content (AvgIpc) is 3.10. The van der Waals surface area contributed by atoms with Gasteiger partial charge in [0.15, 0.2) is 4.21 Å². The Balaban J connectivity index is 1.65. The van der Waals surface area contributed by atoms with Crippen LogP contribution in [0.25, 0.3) is 0 Å². The van der Waals surface area contributed by atoms with Crippen LogP contribution in [0.1, 0.15) is 30.7 Å². The van der Waals surface area contributed by atoms with Crippen molar-refractivity contribution in [2.24, 2.45) is 5.92 Å². The summed E-state index contributed by atoms with van der Waals surface area (Å²) < 4.78 is 27.0. The van der Waals surface area contributed by atoms with Crippen molar-refractivity contribution in [3.63, 3.8) is 0 Å². The third-order valence-electron chi connectivity index (χ3n) is 4.36. The zero-order chi connectivity index (χ0) is 14.2. The van der Waals surface area contributed by atoms with Gasteiger partial charge in [-0.3, -0.25) is 0 Å². The molecule has 2 fully saturated rings. The van der Waals surface area contributed by atoms with Gasteiger partial charge in [0.2, 0.25) is 0 Å². The topological polar surface area (TPSA) is 62.3 Å². The summed E-state index contributed by atoms with van der Waals surface area (Å²) in [6, 6.07) is 0.602. The van der Waals surface area contributed by atoms with Crippen LogP contribution in [-0.2, 0) is 10.0 Å². The van der Waals surface area contributed by atoms with Crippen LogP contribution in [0.15, 0.2) is 10.4 Å². The minimum Gasteiger partial charge on any atom is -0.314 e. The molecule has 0 aromatic carbocycles. The molecule has 1 N–H and O–H groups in total. The Hall–Kier alpha value is -0.500. The molecule has 2 aliphatic heterocycles. The van der Waals surface area contributed by atoms with E-state index in [0.717, 1.165) is 24.4 Å². The van der Waals surface area contributed by atoms with Crippen molar-refractivity contribution in [3.8, 4) is 0 Å². The molecular formula is C13H21N3O2S2. The molecule has 0 radical (unpaired) electrons. The van der Waals surface area contributed by atoms with E-state index in [0.29, 0.717) is 29.3 Å². The molecule has 1 aromatic rings. The maximum absolute atomic E-state index is 12.5. The summed E-state index contributed by atoms with van der Waals surface area (Å²) in [7, 11) is -3.32. The van der Waals surface area contributed by atoms with Crippen LogP contribution in [-0.4, -0.2) is 43.4 Å². The first-order valence-corrected chi connectivity index (χ1v) is 9.49. The number of nitrogens with zero attached hydrogens (tertiary/aromatic N) is 2. The van der Waals surface area contributed by atoms with Gasteiger partial charge >= 0.3 is 0 Å². The lowest BCUT2D eigenvalue weighted by atomic mass is 9.89. The van der Waals surface area contributed by atoms with Crippen molar-refractivity contribution in [3.05, 3.63) is 11.2 Å². The zero-order valence-electron chi connectivity index (χ0n) is 11.7. The Labute approximate surface area is 124 Å². The molecule has 0 amide bonds. The zero-order valence-corrected chi connectivity index (χ0v) is 13.3. The van der Waals surface area contributed by atoms with Crippen LogP contribution in [0, 0.1) is 12.8 Å². The quantitative estimate of drug-likeness (QED) is 0.920. The first-order chi connectivity index (χ1) is 9.57. The maximum Gasteiger partial charge on any atom is 0.254 e. The van der Waals surface area contributed by atoms with Crippen molar-refractivity contribution in [2.45, 2.75) is 42.9 Å². The number of hydrogen-bond donors (Lipinski definition) is 1. The van der Waals surface area contributed by atoms with E-state index in [2.05, 4.69) is 10.3 Å². The smallest absolute Gasteiger partial charge is 0.254 e. The van der Waals surface area contributed by atoms with Crippen molar-refractivity contribution in [1.29, 1.82) is 0 Å². The molecule has 7 heteroatoms. The predicted octanol–water partition coefficient (Wildman–Crippen LogP) is 1.60. The molecule has 1 atom stereocenters. The Kier molecular flexibility index (Phi) is 4.12. The predicted molar refractivity (Wildman–Crippen MR) is 79.4 cm³/mol. The number of rotatable bonds is 3. The van der Waals surface area contributed by atoms with Gasteiger partial charge in [0.05, 0.1) is 11.2 Å². The van der Waals surface area contributed by atoms with Gasteiger partial charge in [-0.15, -0.1) is 11.3 Å². The summed E-state index contributed by atoms with van der Waals surface area (Å²) >= 11 is 1.26. The standard InChI is InChI=1S/C13H21N3O2S2/c1-10-15-9-13(19-10)20(17,18)16-7-4-11(5-8-16)12-3-2-6-14-12/h9,11-12,14H,2-8H2,1H3. The summed E-state index contributed by atoms with van der Waals surface area (Å²) in [5.41, 5.74) is 0. The van der Waals surface area contributed by atoms with Crippen LogP contribution < -0.4 is 5.32 Å². The molecule has 20 heavy (non-hydrogen) atoms. The average molecular weight is 315 g/mol. The van der Waals surface area contributed by atoms with E-state index in [1.807, 2.05) is 6.92 Å². The number of thiazole rings is 1. The van der Waals surface area contributed by atoms with Gasteiger partial charge in [0.1, 0.15) is 0 Å². The second-order valence-corrected chi connectivity index (χ2v) is 9.04. The minimum absolute atomic E-state index is 0.382. The largest absolute Gasteiger partial charge is 0.314 e. The van der Waals surface area contributed by atoms with E-state index in [9.17, 15) is 8.42 Å². The van der Waals surface area contributed by atoms with E-state index >= 15 is 0 Å². The van der Waals surface area contributed by atoms with Crippen LogP contribution in [0.3, 0.4) is 0 Å². The van der Waals surface area contributed by atoms with Crippen LogP contribution in [0.4, 0.5) is 0 Å². The first-order valence-electron chi connectivity index (χ1n) is 7.23. The van der Waals surface area contributed by atoms with Gasteiger partial charge < -0.3 is 5.32 Å². The van der Waals surface area contributed by atoms with Crippen molar-refractivity contribution in [1.82, 2.24) is 14.6 Å². The van der Waals surface area contributed by atoms with Crippen molar-refractivity contribution < 1.29 is 8.42 Å². The second-order valence-electron chi connectivity index (χ2n) is 5.64. The van der Waals surface area contributed by atoms with Gasteiger partial charge in [0.25, 0.3) is 10.0 Å². The SMILES string of the molecule is Cc1ncc(S(=O)(=O)N2CCC(C3CCCN3)CC2)s1. The maximum atomic E-state index is 12.5. The molecule has 112 valence electrons. The van der Waals surface area contributed by atoms with Gasteiger partial charge in [-0.05, 0) is 45.1 Å². The van der Waals surface area contributed by atoms with Crippen molar-refractivity contribution >= 4 is 21.4 Å². The number of hydrogen-bond acceptors (Lipinski definition) is 5. The van der Waals surface area contributed by atoms with Crippen LogP contribution >= 0.6 is 11.3 Å². The summed E-state index contributed by atoms with van der Waals surface area (Å²) in [4.78, 5) is 4.06. The highest BCUT2D eigenvalue weighted by molar-refractivity contribution is 7.91. The molecular weight excluding hydrogens is 294 g/mol. The third kappa shape index (κ3) is 2.77. The van der Waals surface area contributed by atoms with E-state index < -0.39 is 10.0 Å². The first kappa shape index (κ1) is 14.4. The molecule has 2 saturated heterocycles. The summed E-state index contributed by atoms with van der Waals surface area (Å²) in [6.45, 7) is 4.23. The molecule has 2 aliphatic rings. The monoisotopic (exact) mass is 315 g/mol. The van der Waals surface area contributed by atoms with E-state index in [1.165, 1.54) is 30.4 Å². The highest BCUT2D eigenvalue weighted by atomic mass is 32.2. The van der Waals surface area contributed by atoms with Gasteiger partial charge in [-0.25, -0.2) is 13.4 Å². The lowest BCUT2D eigenvalue weighted by Gasteiger charge is -2.33. The number of nitrogens with one attached hydrogen (secondary N) is 1. The molecule has 0 aliphatic carbocycles. The van der Waals surface area contributed by atoms with Crippen LogP contribution in [0.5, 0.6) is 0 Å². The molecule has 0 saturated carbocycles. The summed E-state index contributed by atoms with van der Waals surface area (Å²) in [5.74, 6) is 0.632. The number of aryl methyl sites for hydroxylation is 1. The molecule has 5 nitrogen and oxygen atoms in total. The molecule has 1 unspecified atom stereocenters. The normalized spacial score (nSPS) is 26.1. The highest BCUT2D eigenvalue weighted by Crippen LogP contribution is 2.30. The van der Waals surface area contributed by atoms with Crippen LogP contribution in [0.2, 0.25) is 0 Å². The Morgan fingerprint density at radius 2 is 2.10 bits per heavy atom. The fourth-order valence-corrected chi connectivity index (χ4v) is 5.95. The Morgan fingerprint density at radius 3 is 2.65 bits per heavy atom. The third-order valence-corrected chi connectivity index (χ3v) is 7.61. The lowest BCUT2D eigenvalue weighted by molar-refractivity contribution is 0.234. The fraction of sp³-hybridized carbons (Fsp3) is 0.769. The molecule has 0 spiro atoms. The fourth-order valence-electron chi connectivity index (χ4n) is 3.22. The molecule has 1 aromatic heterocycles. The van der Waals surface area contributed by atoms with Gasteiger partial charge in [-0.1, -0.05) is 0 Å². The number of piperidine rings is 1. The summed E-state index contributed by atoms with van der Waals surface area (Å²) in [6.07, 6.45) is 5.91.